The van der Waals surface area contributed by atoms with E-state index in [-0.39, 0.29) is 5.78 Å². The summed E-state index contributed by atoms with van der Waals surface area (Å²) >= 11 is 11.9. The van der Waals surface area contributed by atoms with Crippen molar-refractivity contribution in [3.05, 3.63) is 62.6 Å². The minimum absolute atomic E-state index is 0.0255. The standard InChI is InChI=1S/C16H15Cl2NO/c1-9-3-4-10(2)11(5-9)8-15(20)12-6-13(17)16(19)14(18)7-12/h3-7H,8,19H2,1-2H3. The van der Waals surface area contributed by atoms with Crippen LogP contribution in [0.2, 0.25) is 10.0 Å². The van der Waals surface area contributed by atoms with Crippen LogP contribution in [0.4, 0.5) is 5.69 Å². The van der Waals surface area contributed by atoms with Gasteiger partial charge in [0, 0.05) is 12.0 Å². The maximum atomic E-state index is 12.3. The Kier molecular flexibility index (Phi) is 4.36. The molecule has 0 heterocycles. The largest absolute Gasteiger partial charge is 0.396 e. The van der Waals surface area contributed by atoms with Gasteiger partial charge in [-0.15, -0.1) is 0 Å². The number of anilines is 1. The molecule has 0 aliphatic heterocycles. The third-order valence-corrected chi connectivity index (χ3v) is 3.88. The summed E-state index contributed by atoms with van der Waals surface area (Å²) in [7, 11) is 0. The molecule has 0 radical (unpaired) electrons. The van der Waals surface area contributed by atoms with Gasteiger partial charge in [-0.05, 0) is 37.1 Å². The van der Waals surface area contributed by atoms with Gasteiger partial charge in [0.2, 0.25) is 0 Å². The molecule has 0 saturated carbocycles. The number of nitrogens with two attached hydrogens (primary N) is 1. The first kappa shape index (κ1) is 14.9. The van der Waals surface area contributed by atoms with Crippen LogP contribution in [-0.2, 0) is 6.42 Å². The van der Waals surface area contributed by atoms with Gasteiger partial charge in [0.15, 0.2) is 5.78 Å². The lowest BCUT2D eigenvalue weighted by Gasteiger charge is -2.08. The highest BCUT2D eigenvalue weighted by molar-refractivity contribution is 6.39. The van der Waals surface area contributed by atoms with Gasteiger partial charge in [-0.25, -0.2) is 0 Å². The summed E-state index contributed by atoms with van der Waals surface area (Å²) in [6.45, 7) is 4.00. The van der Waals surface area contributed by atoms with E-state index in [1.165, 1.54) is 0 Å². The Morgan fingerprint density at radius 1 is 1.10 bits per heavy atom. The number of Topliss-reactive ketones (excluding diaryl/α,β-unsaturated/α-hetero) is 1. The fraction of sp³-hybridized carbons (Fsp3) is 0.188. The van der Waals surface area contributed by atoms with E-state index in [0.29, 0.717) is 27.7 Å². The molecule has 0 fully saturated rings. The molecule has 0 bridgehead atoms. The molecule has 2 rings (SSSR count). The van der Waals surface area contributed by atoms with Gasteiger partial charge in [-0.1, -0.05) is 47.0 Å². The summed E-state index contributed by atoms with van der Waals surface area (Å²) in [5.74, 6) is -0.0255. The topological polar surface area (TPSA) is 43.1 Å². The van der Waals surface area contributed by atoms with Crippen molar-refractivity contribution in [1.82, 2.24) is 0 Å². The lowest BCUT2D eigenvalue weighted by molar-refractivity contribution is 0.0993. The number of halogens is 2. The summed E-state index contributed by atoms with van der Waals surface area (Å²) in [6.07, 6.45) is 0.324. The molecule has 4 heteroatoms. The van der Waals surface area contributed by atoms with Crippen LogP contribution >= 0.6 is 23.2 Å². The molecule has 2 aromatic carbocycles. The number of nitrogen functional groups attached to an aromatic ring is 1. The molecular formula is C16H15Cl2NO. The van der Waals surface area contributed by atoms with Crippen LogP contribution in [0, 0.1) is 13.8 Å². The molecule has 2 N–H and O–H groups in total. The van der Waals surface area contributed by atoms with Crippen molar-refractivity contribution < 1.29 is 4.79 Å². The van der Waals surface area contributed by atoms with Crippen molar-refractivity contribution in [2.75, 3.05) is 5.73 Å². The van der Waals surface area contributed by atoms with Gasteiger partial charge in [-0.2, -0.15) is 0 Å². The predicted octanol–water partition coefficient (Wildman–Crippen LogP) is 4.62. The second-order valence-corrected chi connectivity index (χ2v) is 5.70. The van der Waals surface area contributed by atoms with Crippen LogP contribution in [0.1, 0.15) is 27.0 Å². The Labute approximate surface area is 128 Å². The number of benzene rings is 2. The number of ketones is 1. The number of hydrogen-bond acceptors (Lipinski definition) is 2. The van der Waals surface area contributed by atoms with Crippen LogP contribution in [-0.4, -0.2) is 5.78 Å². The Morgan fingerprint density at radius 2 is 1.70 bits per heavy atom. The van der Waals surface area contributed by atoms with E-state index in [1.807, 2.05) is 32.0 Å². The number of carbonyl (C=O) groups excluding carboxylic acids is 1. The van der Waals surface area contributed by atoms with Crippen LogP contribution in [0.15, 0.2) is 30.3 Å². The maximum Gasteiger partial charge on any atom is 0.167 e. The Morgan fingerprint density at radius 3 is 2.30 bits per heavy atom. The van der Waals surface area contributed by atoms with Gasteiger partial charge < -0.3 is 5.73 Å². The molecule has 0 aliphatic carbocycles. The molecule has 104 valence electrons. The molecule has 2 aromatic rings. The van der Waals surface area contributed by atoms with E-state index in [9.17, 15) is 4.79 Å². The van der Waals surface area contributed by atoms with Crippen molar-refractivity contribution in [2.24, 2.45) is 0 Å². The summed E-state index contributed by atoms with van der Waals surface area (Å²) < 4.78 is 0. The van der Waals surface area contributed by atoms with Crippen molar-refractivity contribution in [3.8, 4) is 0 Å². The second-order valence-electron chi connectivity index (χ2n) is 4.88. The molecular weight excluding hydrogens is 293 g/mol. The van der Waals surface area contributed by atoms with Crippen molar-refractivity contribution >= 4 is 34.7 Å². The monoisotopic (exact) mass is 307 g/mol. The van der Waals surface area contributed by atoms with E-state index < -0.39 is 0 Å². The molecule has 0 saturated heterocycles. The average molecular weight is 308 g/mol. The first-order chi connectivity index (χ1) is 9.38. The minimum atomic E-state index is -0.0255. The van der Waals surface area contributed by atoms with Gasteiger partial charge in [0.25, 0.3) is 0 Å². The van der Waals surface area contributed by atoms with Crippen molar-refractivity contribution in [1.29, 1.82) is 0 Å². The molecule has 0 amide bonds. The quantitative estimate of drug-likeness (QED) is 0.664. The lowest BCUT2D eigenvalue weighted by Crippen LogP contribution is -2.06. The molecule has 20 heavy (non-hydrogen) atoms. The zero-order chi connectivity index (χ0) is 14.9. The highest BCUT2D eigenvalue weighted by Gasteiger charge is 2.13. The fourth-order valence-electron chi connectivity index (χ4n) is 2.01. The van der Waals surface area contributed by atoms with Gasteiger partial charge in [0.1, 0.15) is 0 Å². The zero-order valence-electron chi connectivity index (χ0n) is 11.3. The van der Waals surface area contributed by atoms with Crippen molar-refractivity contribution in [3.63, 3.8) is 0 Å². The first-order valence-corrected chi connectivity index (χ1v) is 6.98. The second kappa shape index (κ2) is 5.86. The predicted molar refractivity (Wildman–Crippen MR) is 84.8 cm³/mol. The summed E-state index contributed by atoms with van der Waals surface area (Å²) in [5.41, 5.74) is 9.69. The molecule has 0 aromatic heterocycles. The van der Waals surface area contributed by atoms with Gasteiger partial charge >= 0.3 is 0 Å². The van der Waals surface area contributed by atoms with Gasteiger partial charge in [-0.3, -0.25) is 4.79 Å². The number of hydrogen-bond donors (Lipinski definition) is 1. The molecule has 2 nitrogen and oxygen atoms in total. The third-order valence-electron chi connectivity index (χ3n) is 3.26. The highest BCUT2D eigenvalue weighted by atomic mass is 35.5. The van der Waals surface area contributed by atoms with Gasteiger partial charge in [0.05, 0.1) is 15.7 Å². The molecule has 0 unspecified atom stereocenters. The van der Waals surface area contributed by atoms with Crippen LogP contribution in [0.3, 0.4) is 0 Å². The van der Waals surface area contributed by atoms with E-state index in [1.54, 1.807) is 12.1 Å². The Bertz CT molecular complexity index is 657. The highest BCUT2D eigenvalue weighted by Crippen LogP contribution is 2.29. The maximum absolute atomic E-state index is 12.3. The molecule has 0 atom stereocenters. The molecule has 0 aliphatic rings. The van der Waals surface area contributed by atoms with E-state index in [0.717, 1.165) is 16.7 Å². The smallest absolute Gasteiger partial charge is 0.167 e. The van der Waals surface area contributed by atoms with Crippen molar-refractivity contribution in [2.45, 2.75) is 20.3 Å². The zero-order valence-corrected chi connectivity index (χ0v) is 12.8. The van der Waals surface area contributed by atoms with Crippen LogP contribution in [0.25, 0.3) is 0 Å². The Hall–Kier alpha value is -1.51. The number of aryl methyl sites for hydroxylation is 2. The molecule has 0 spiro atoms. The summed E-state index contributed by atoms with van der Waals surface area (Å²) in [5, 5.41) is 0.614. The van der Waals surface area contributed by atoms with E-state index >= 15 is 0 Å². The fourth-order valence-corrected chi connectivity index (χ4v) is 2.50. The van der Waals surface area contributed by atoms with Crippen LogP contribution < -0.4 is 5.73 Å². The Balaban J connectivity index is 2.31. The number of carbonyl (C=O) groups is 1. The third kappa shape index (κ3) is 3.14. The lowest BCUT2D eigenvalue weighted by atomic mass is 9.98. The minimum Gasteiger partial charge on any atom is -0.396 e. The first-order valence-electron chi connectivity index (χ1n) is 6.22. The van der Waals surface area contributed by atoms with Crippen LogP contribution in [0.5, 0.6) is 0 Å². The van der Waals surface area contributed by atoms with E-state index in [4.69, 9.17) is 28.9 Å². The average Bonchev–Trinajstić information content (AvgIpc) is 2.39. The summed E-state index contributed by atoms with van der Waals surface area (Å²) in [6, 6.07) is 9.20. The normalized spacial score (nSPS) is 10.6. The SMILES string of the molecule is Cc1ccc(C)c(CC(=O)c2cc(Cl)c(N)c(Cl)c2)c1. The van der Waals surface area contributed by atoms with E-state index in [2.05, 4.69) is 0 Å². The summed E-state index contributed by atoms with van der Waals surface area (Å²) in [4.78, 5) is 12.3. The number of rotatable bonds is 3.